The van der Waals surface area contributed by atoms with Crippen LogP contribution in [0.4, 0.5) is 4.39 Å². The highest BCUT2D eigenvalue weighted by molar-refractivity contribution is 5.83. The summed E-state index contributed by atoms with van der Waals surface area (Å²) in [6.07, 6.45) is 3.28. The molecule has 2 aliphatic heterocycles. The first-order chi connectivity index (χ1) is 12.1. The first-order valence-corrected chi connectivity index (χ1v) is 9.17. The molecular weight excluding hydrogens is 321 g/mol. The van der Waals surface area contributed by atoms with Crippen LogP contribution in [0.5, 0.6) is 0 Å². The molecule has 2 fully saturated rings. The molecule has 3 N–H and O–H groups in total. The van der Waals surface area contributed by atoms with E-state index in [0.717, 1.165) is 38.0 Å². The quantitative estimate of drug-likeness (QED) is 0.848. The van der Waals surface area contributed by atoms with Gasteiger partial charge in [-0.3, -0.25) is 9.69 Å². The van der Waals surface area contributed by atoms with Crippen LogP contribution >= 0.6 is 0 Å². The number of likely N-dealkylation sites (tertiary alicyclic amines) is 1. The summed E-state index contributed by atoms with van der Waals surface area (Å²) >= 11 is 0. The van der Waals surface area contributed by atoms with Gasteiger partial charge in [0.05, 0.1) is 5.41 Å². The van der Waals surface area contributed by atoms with E-state index in [1.807, 2.05) is 12.1 Å². The summed E-state index contributed by atoms with van der Waals surface area (Å²) in [4.78, 5) is 15.1. The standard InChI is InChI=1S/C19H28FN3O2/c20-16-3-1-15(2-4-16)13-23-9-5-17(6-10-23)22-18(24)19(14-21)7-11-25-12-8-19/h1-4,17H,5-14,21H2,(H,22,24). The summed E-state index contributed by atoms with van der Waals surface area (Å²) in [5, 5.41) is 3.22. The van der Waals surface area contributed by atoms with Gasteiger partial charge in [0.2, 0.25) is 5.91 Å². The van der Waals surface area contributed by atoms with Crippen LogP contribution in [-0.2, 0) is 16.1 Å². The number of nitrogens with zero attached hydrogens (tertiary/aromatic N) is 1. The van der Waals surface area contributed by atoms with Gasteiger partial charge in [-0.25, -0.2) is 4.39 Å². The fourth-order valence-electron chi connectivity index (χ4n) is 3.71. The van der Waals surface area contributed by atoms with E-state index >= 15 is 0 Å². The van der Waals surface area contributed by atoms with Crippen LogP contribution in [0.25, 0.3) is 0 Å². The Morgan fingerprint density at radius 2 is 1.88 bits per heavy atom. The van der Waals surface area contributed by atoms with Crippen LogP contribution in [0.1, 0.15) is 31.2 Å². The zero-order valence-corrected chi connectivity index (χ0v) is 14.7. The zero-order valence-electron chi connectivity index (χ0n) is 14.7. The third-order valence-corrected chi connectivity index (χ3v) is 5.56. The van der Waals surface area contributed by atoms with E-state index in [1.165, 1.54) is 12.1 Å². The van der Waals surface area contributed by atoms with Crippen LogP contribution in [0.3, 0.4) is 0 Å². The Balaban J connectivity index is 1.47. The molecule has 138 valence electrons. The Labute approximate surface area is 148 Å². The lowest BCUT2D eigenvalue weighted by molar-refractivity contribution is -0.137. The van der Waals surface area contributed by atoms with Gasteiger partial charge in [0, 0.05) is 45.4 Å². The van der Waals surface area contributed by atoms with Crippen molar-refractivity contribution in [1.82, 2.24) is 10.2 Å². The number of benzene rings is 1. The van der Waals surface area contributed by atoms with E-state index in [0.29, 0.717) is 32.6 Å². The summed E-state index contributed by atoms with van der Waals surface area (Å²) < 4.78 is 18.4. The van der Waals surface area contributed by atoms with Crippen LogP contribution in [0.2, 0.25) is 0 Å². The highest BCUT2D eigenvalue weighted by Gasteiger charge is 2.39. The van der Waals surface area contributed by atoms with Crippen molar-refractivity contribution in [3.8, 4) is 0 Å². The van der Waals surface area contributed by atoms with Crippen molar-refractivity contribution in [3.63, 3.8) is 0 Å². The summed E-state index contributed by atoms with van der Waals surface area (Å²) in [7, 11) is 0. The minimum absolute atomic E-state index is 0.0929. The highest BCUT2D eigenvalue weighted by Crippen LogP contribution is 2.30. The van der Waals surface area contributed by atoms with Gasteiger partial charge in [0.1, 0.15) is 5.82 Å². The second kappa shape index (κ2) is 8.25. The molecule has 5 nitrogen and oxygen atoms in total. The molecule has 0 atom stereocenters. The lowest BCUT2D eigenvalue weighted by Crippen LogP contribution is -2.53. The smallest absolute Gasteiger partial charge is 0.227 e. The van der Waals surface area contributed by atoms with Gasteiger partial charge >= 0.3 is 0 Å². The topological polar surface area (TPSA) is 67.6 Å². The maximum Gasteiger partial charge on any atom is 0.227 e. The molecular formula is C19H28FN3O2. The molecule has 0 saturated carbocycles. The van der Waals surface area contributed by atoms with Crippen LogP contribution in [-0.4, -0.2) is 49.7 Å². The lowest BCUT2D eigenvalue weighted by Gasteiger charge is -2.38. The van der Waals surface area contributed by atoms with Crippen LogP contribution in [0, 0.1) is 11.2 Å². The van der Waals surface area contributed by atoms with Gasteiger partial charge in [-0.05, 0) is 43.4 Å². The zero-order chi connectivity index (χ0) is 17.7. The number of halogens is 1. The minimum Gasteiger partial charge on any atom is -0.381 e. The van der Waals surface area contributed by atoms with Gasteiger partial charge < -0.3 is 15.8 Å². The maximum absolute atomic E-state index is 13.0. The number of amides is 1. The van der Waals surface area contributed by atoms with Crippen molar-refractivity contribution in [1.29, 1.82) is 0 Å². The van der Waals surface area contributed by atoms with Gasteiger partial charge in [0.25, 0.3) is 0 Å². The highest BCUT2D eigenvalue weighted by atomic mass is 19.1. The molecule has 0 aliphatic carbocycles. The largest absolute Gasteiger partial charge is 0.381 e. The van der Waals surface area contributed by atoms with Gasteiger partial charge in [-0.15, -0.1) is 0 Å². The molecule has 0 spiro atoms. The molecule has 1 amide bonds. The van der Waals surface area contributed by atoms with E-state index in [-0.39, 0.29) is 17.8 Å². The van der Waals surface area contributed by atoms with Crippen LogP contribution < -0.4 is 11.1 Å². The summed E-state index contributed by atoms with van der Waals surface area (Å²) in [6.45, 7) is 4.29. The van der Waals surface area contributed by atoms with Gasteiger partial charge in [0.15, 0.2) is 0 Å². The molecule has 0 unspecified atom stereocenters. The number of nitrogens with two attached hydrogens (primary N) is 1. The Hall–Kier alpha value is -1.50. The molecule has 2 aliphatic rings. The third-order valence-electron chi connectivity index (χ3n) is 5.56. The molecule has 0 aromatic heterocycles. The molecule has 1 aromatic rings. The van der Waals surface area contributed by atoms with E-state index < -0.39 is 5.41 Å². The third kappa shape index (κ3) is 4.57. The van der Waals surface area contributed by atoms with E-state index in [1.54, 1.807) is 0 Å². The molecule has 0 radical (unpaired) electrons. The van der Waals surface area contributed by atoms with Crippen molar-refractivity contribution in [3.05, 3.63) is 35.6 Å². The minimum atomic E-state index is -0.455. The number of piperidine rings is 1. The number of rotatable bonds is 5. The molecule has 2 saturated heterocycles. The predicted molar refractivity (Wildman–Crippen MR) is 94.4 cm³/mol. The molecule has 25 heavy (non-hydrogen) atoms. The van der Waals surface area contributed by atoms with Crippen molar-refractivity contribution < 1.29 is 13.9 Å². The van der Waals surface area contributed by atoms with E-state index in [4.69, 9.17) is 10.5 Å². The van der Waals surface area contributed by atoms with Crippen molar-refractivity contribution >= 4 is 5.91 Å². The van der Waals surface area contributed by atoms with Crippen LogP contribution in [0.15, 0.2) is 24.3 Å². The molecule has 2 heterocycles. The lowest BCUT2D eigenvalue weighted by atomic mass is 9.79. The fraction of sp³-hybridized carbons (Fsp3) is 0.632. The maximum atomic E-state index is 13.0. The average Bonchev–Trinajstić information content (AvgIpc) is 2.65. The second-order valence-corrected chi connectivity index (χ2v) is 7.25. The second-order valence-electron chi connectivity index (χ2n) is 7.25. The normalized spacial score (nSPS) is 21.8. The SMILES string of the molecule is NCC1(C(=O)NC2CCN(Cc3ccc(F)cc3)CC2)CCOCC1. The summed E-state index contributed by atoms with van der Waals surface area (Å²) in [5.41, 5.74) is 6.58. The summed E-state index contributed by atoms with van der Waals surface area (Å²) in [6, 6.07) is 6.88. The number of nitrogens with one attached hydrogen (secondary N) is 1. The fourth-order valence-corrected chi connectivity index (χ4v) is 3.71. The number of hydrogen-bond donors (Lipinski definition) is 2. The Morgan fingerprint density at radius 1 is 1.24 bits per heavy atom. The van der Waals surface area contributed by atoms with E-state index in [2.05, 4.69) is 10.2 Å². The Bertz CT molecular complexity index is 565. The van der Waals surface area contributed by atoms with Crippen molar-refractivity contribution in [2.45, 2.75) is 38.3 Å². The van der Waals surface area contributed by atoms with Gasteiger partial charge in [-0.2, -0.15) is 0 Å². The first-order valence-electron chi connectivity index (χ1n) is 9.17. The number of ether oxygens (including phenoxy) is 1. The Morgan fingerprint density at radius 3 is 2.48 bits per heavy atom. The first kappa shape index (κ1) is 18.3. The molecule has 3 rings (SSSR count). The van der Waals surface area contributed by atoms with Gasteiger partial charge in [-0.1, -0.05) is 12.1 Å². The number of hydrogen-bond acceptors (Lipinski definition) is 4. The molecule has 6 heteroatoms. The van der Waals surface area contributed by atoms with E-state index in [9.17, 15) is 9.18 Å². The number of carbonyl (C=O) groups excluding carboxylic acids is 1. The Kier molecular flexibility index (Phi) is 6.04. The molecule has 1 aromatic carbocycles. The predicted octanol–water partition coefficient (Wildman–Crippen LogP) is 1.66. The van der Waals surface area contributed by atoms with Crippen molar-refractivity contribution in [2.24, 2.45) is 11.1 Å². The number of carbonyl (C=O) groups is 1. The van der Waals surface area contributed by atoms with Crippen molar-refractivity contribution in [2.75, 3.05) is 32.8 Å². The summed E-state index contributed by atoms with van der Waals surface area (Å²) in [5.74, 6) is -0.109. The average molecular weight is 349 g/mol. The molecule has 0 bridgehead atoms. The monoisotopic (exact) mass is 349 g/mol.